The van der Waals surface area contributed by atoms with Crippen LogP contribution in [0.1, 0.15) is 16.1 Å². The van der Waals surface area contributed by atoms with Crippen LogP contribution in [0, 0.1) is 11.3 Å². The van der Waals surface area contributed by atoms with Crippen LogP contribution in [0.2, 0.25) is 0 Å². The minimum Gasteiger partial charge on any atom is -0.464 e. The fourth-order valence-corrected chi connectivity index (χ4v) is 3.24. The predicted molar refractivity (Wildman–Crippen MR) is 93.6 cm³/mol. The Morgan fingerprint density at radius 3 is 2.65 bits per heavy atom. The second kappa shape index (κ2) is 6.18. The Kier molecular flexibility index (Phi) is 4.15. The van der Waals surface area contributed by atoms with Gasteiger partial charge in [0.1, 0.15) is 6.07 Å². The molecule has 3 rings (SSSR count). The third-order valence-corrected chi connectivity index (χ3v) is 4.78. The van der Waals surface area contributed by atoms with Crippen LogP contribution in [0.3, 0.4) is 0 Å². The van der Waals surface area contributed by atoms with E-state index in [0.29, 0.717) is 16.5 Å². The Balaban J connectivity index is 2.34. The van der Waals surface area contributed by atoms with Gasteiger partial charge in [-0.2, -0.15) is 13.7 Å². The van der Waals surface area contributed by atoms with Crippen molar-refractivity contribution in [2.45, 2.75) is 4.90 Å². The van der Waals surface area contributed by atoms with Crippen molar-refractivity contribution in [1.82, 2.24) is 4.57 Å². The Bertz CT molecular complexity index is 1190. The number of benzene rings is 2. The van der Waals surface area contributed by atoms with Gasteiger partial charge in [-0.3, -0.25) is 4.55 Å². The van der Waals surface area contributed by atoms with Crippen LogP contribution in [0.25, 0.3) is 16.5 Å². The number of nitriles is 1. The fourth-order valence-electron chi connectivity index (χ4n) is 2.72. The maximum Gasteiger partial charge on any atom is 0.357 e. The van der Waals surface area contributed by atoms with E-state index in [1.165, 1.54) is 36.1 Å². The van der Waals surface area contributed by atoms with Crippen molar-refractivity contribution in [2.24, 2.45) is 0 Å². The lowest BCUT2D eigenvalue weighted by molar-refractivity contribution is 0.0593. The van der Waals surface area contributed by atoms with Gasteiger partial charge < -0.3 is 15.0 Å². The highest BCUT2D eigenvalue weighted by Crippen LogP contribution is 2.30. The van der Waals surface area contributed by atoms with E-state index < -0.39 is 16.1 Å². The van der Waals surface area contributed by atoms with Crippen molar-refractivity contribution in [3.05, 3.63) is 53.9 Å². The van der Waals surface area contributed by atoms with Crippen molar-refractivity contribution in [1.29, 1.82) is 5.26 Å². The molecule has 3 N–H and O–H groups in total. The topological polar surface area (TPSA) is 135 Å². The number of fused-ring (bicyclic) bond motifs is 1. The molecule has 1 aromatic heterocycles. The number of carbonyl (C=O) groups excluding carboxylic acids is 1. The standard InChI is InChI=1S/C17H13N3O5S/c1-25-17(21)16-15(19)11(8-18)9-20(16)14-4-2-3-10-7-12(26(22,23)24)5-6-13(10)14/h2-7,9H,19H2,1H3,(H,22,23,24). The van der Waals surface area contributed by atoms with Gasteiger partial charge in [0.25, 0.3) is 10.1 Å². The Morgan fingerprint density at radius 2 is 2.04 bits per heavy atom. The van der Waals surface area contributed by atoms with Gasteiger partial charge in [0, 0.05) is 11.6 Å². The zero-order valence-corrected chi connectivity index (χ0v) is 14.3. The molecule has 0 saturated carbocycles. The second-order valence-corrected chi connectivity index (χ2v) is 6.84. The van der Waals surface area contributed by atoms with Crippen LogP contribution in [-0.4, -0.2) is 30.6 Å². The second-order valence-electron chi connectivity index (χ2n) is 5.41. The van der Waals surface area contributed by atoms with Gasteiger partial charge in [-0.05, 0) is 23.6 Å². The van der Waals surface area contributed by atoms with E-state index in [9.17, 15) is 23.0 Å². The Hall–Kier alpha value is -3.35. The number of rotatable bonds is 3. The molecule has 0 aliphatic heterocycles. The first-order valence-corrected chi connectivity index (χ1v) is 8.72. The molecule has 0 unspecified atom stereocenters. The number of nitrogens with zero attached hydrogens (tertiary/aromatic N) is 2. The summed E-state index contributed by atoms with van der Waals surface area (Å²) < 4.78 is 38.1. The van der Waals surface area contributed by atoms with E-state index in [-0.39, 0.29) is 21.8 Å². The molecule has 0 atom stereocenters. The van der Waals surface area contributed by atoms with E-state index >= 15 is 0 Å². The summed E-state index contributed by atoms with van der Waals surface area (Å²) in [4.78, 5) is 11.9. The monoisotopic (exact) mass is 371 g/mol. The first-order chi connectivity index (χ1) is 12.3. The van der Waals surface area contributed by atoms with Crippen LogP contribution < -0.4 is 5.73 Å². The summed E-state index contributed by atoms with van der Waals surface area (Å²) in [5.74, 6) is -0.712. The average molecular weight is 371 g/mol. The van der Waals surface area contributed by atoms with Crippen molar-refractivity contribution in [3.8, 4) is 11.8 Å². The number of methoxy groups -OCH3 is 1. The minimum absolute atomic E-state index is 0.00425. The van der Waals surface area contributed by atoms with Gasteiger partial charge in [-0.1, -0.05) is 18.2 Å². The fraction of sp³-hybridized carbons (Fsp3) is 0.0588. The third-order valence-electron chi connectivity index (χ3n) is 3.93. The lowest BCUT2D eigenvalue weighted by Gasteiger charge is -2.12. The van der Waals surface area contributed by atoms with Gasteiger partial charge in [0.2, 0.25) is 0 Å². The first kappa shape index (κ1) is 17.5. The molecule has 0 bridgehead atoms. The van der Waals surface area contributed by atoms with Crippen LogP contribution in [0.15, 0.2) is 47.5 Å². The highest BCUT2D eigenvalue weighted by Gasteiger charge is 2.22. The smallest absolute Gasteiger partial charge is 0.357 e. The SMILES string of the molecule is COC(=O)c1c(N)c(C#N)cn1-c1cccc2cc(S(=O)(=O)O)ccc12. The number of aromatic nitrogens is 1. The van der Waals surface area contributed by atoms with E-state index in [1.54, 1.807) is 18.2 Å². The summed E-state index contributed by atoms with van der Waals surface area (Å²) in [6.45, 7) is 0. The average Bonchev–Trinajstić information content (AvgIpc) is 2.95. The van der Waals surface area contributed by atoms with Gasteiger partial charge in [-0.15, -0.1) is 0 Å². The van der Waals surface area contributed by atoms with E-state index in [0.717, 1.165) is 0 Å². The predicted octanol–water partition coefficient (Wildman–Crippen LogP) is 2.12. The van der Waals surface area contributed by atoms with Crippen molar-refractivity contribution < 1.29 is 22.5 Å². The molecule has 26 heavy (non-hydrogen) atoms. The van der Waals surface area contributed by atoms with E-state index in [4.69, 9.17) is 10.5 Å². The molecule has 2 aromatic carbocycles. The molecule has 0 aliphatic carbocycles. The molecule has 132 valence electrons. The summed E-state index contributed by atoms with van der Waals surface area (Å²) in [5.41, 5.74) is 6.49. The van der Waals surface area contributed by atoms with Crippen molar-refractivity contribution in [3.63, 3.8) is 0 Å². The van der Waals surface area contributed by atoms with E-state index in [2.05, 4.69) is 0 Å². The molecule has 1 heterocycles. The molecule has 0 aliphatic rings. The summed E-state index contributed by atoms with van der Waals surface area (Å²) >= 11 is 0. The summed E-state index contributed by atoms with van der Waals surface area (Å²) in [6.07, 6.45) is 1.41. The zero-order valence-electron chi connectivity index (χ0n) is 13.5. The van der Waals surface area contributed by atoms with Crippen LogP contribution in [0.4, 0.5) is 5.69 Å². The third kappa shape index (κ3) is 2.77. The highest BCUT2D eigenvalue weighted by molar-refractivity contribution is 7.85. The zero-order chi connectivity index (χ0) is 19.1. The molecular weight excluding hydrogens is 358 g/mol. The number of nitrogen functional groups attached to an aromatic ring is 1. The first-order valence-electron chi connectivity index (χ1n) is 7.27. The lowest BCUT2D eigenvalue weighted by Crippen LogP contribution is -2.11. The number of hydrogen-bond donors (Lipinski definition) is 2. The number of ether oxygens (including phenoxy) is 1. The summed E-state index contributed by atoms with van der Waals surface area (Å²) in [6, 6.07) is 11.0. The Morgan fingerprint density at radius 1 is 1.31 bits per heavy atom. The van der Waals surface area contributed by atoms with Gasteiger partial charge >= 0.3 is 5.97 Å². The quantitative estimate of drug-likeness (QED) is 0.531. The summed E-state index contributed by atoms with van der Waals surface area (Å²) in [7, 11) is -3.15. The number of carbonyl (C=O) groups is 1. The maximum absolute atomic E-state index is 12.1. The van der Waals surface area contributed by atoms with Crippen molar-refractivity contribution >= 4 is 32.5 Å². The number of esters is 1. The van der Waals surface area contributed by atoms with Crippen LogP contribution in [0.5, 0.6) is 0 Å². The van der Waals surface area contributed by atoms with Gasteiger partial charge in [0.05, 0.1) is 28.9 Å². The molecule has 3 aromatic rings. The largest absolute Gasteiger partial charge is 0.464 e. The van der Waals surface area contributed by atoms with Gasteiger partial charge in [0.15, 0.2) is 5.69 Å². The Labute approximate surface area is 148 Å². The van der Waals surface area contributed by atoms with Crippen LogP contribution >= 0.6 is 0 Å². The molecule has 0 saturated heterocycles. The molecule has 9 heteroatoms. The molecule has 8 nitrogen and oxygen atoms in total. The normalized spacial score (nSPS) is 11.3. The number of anilines is 1. The molecule has 0 fully saturated rings. The number of nitrogens with two attached hydrogens (primary N) is 1. The van der Waals surface area contributed by atoms with Gasteiger partial charge in [-0.25, -0.2) is 4.79 Å². The minimum atomic E-state index is -4.35. The molecule has 0 radical (unpaired) electrons. The van der Waals surface area contributed by atoms with Crippen LogP contribution in [-0.2, 0) is 14.9 Å². The highest BCUT2D eigenvalue weighted by atomic mass is 32.2. The van der Waals surface area contributed by atoms with E-state index in [1.807, 2.05) is 6.07 Å². The lowest BCUT2D eigenvalue weighted by atomic mass is 10.1. The molecular formula is C17H13N3O5S. The molecule has 0 spiro atoms. The maximum atomic E-state index is 12.1. The van der Waals surface area contributed by atoms with Crippen molar-refractivity contribution in [2.75, 3.05) is 12.8 Å². The number of hydrogen-bond acceptors (Lipinski definition) is 6. The summed E-state index contributed by atoms with van der Waals surface area (Å²) in [5, 5.41) is 10.3. The molecule has 0 amide bonds.